The van der Waals surface area contributed by atoms with Gasteiger partial charge in [-0.1, -0.05) is 0 Å². The van der Waals surface area contributed by atoms with Gasteiger partial charge < -0.3 is 9.47 Å². The summed E-state index contributed by atoms with van der Waals surface area (Å²) in [5.74, 6) is 0.852. The van der Waals surface area contributed by atoms with E-state index in [0.717, 1.165) is 5.56 Å². The maximum atomic E-state index is 12.4. The molecule has 136 valence electrons. The lowest BCUT2D eigenvalue weighted by molar-refractivity contribution is -0.385. The zero-order valence-corrected chi connectivity index (χ0v) is 15.9. The molecule has 1 aliphatic rings. The third-order valence-electron chi connectivity index (χ3n) is 3.80. The molecule has 4 rings (SSSR count). The van der Waals surface area contributed by atoms with Crippen LogP contribution in [0.25, 0.3) is 11.3 Å². The van der Waals surface area contributed by atoms with Crippen molar-refractivity contribution in [3.05, 3.63) is 61.9 Å². The summed E-state index contributed by atoms with van der Waals surface area (Å²) in [6, 6.07) is 9.65. The van der Waals surface area contributed by atoms with Crippen LogP contribution in [0.5, 0.6) is 11.5 Å². The standard InChI is InChI=1S/C17H10BrN3O5S/c18-11-3-1-10(5-13(11)21(23)24)16(22)20-17-19-12(7-27-17)9-2-4-14-15(6-9)26-8-25-14/h1-7H,8H2,(H,19,20,22). The Morgan fingerprint density at radius 3 is 2.85 bits per heavy atom. The lowest BCUT2D eigenvalue weighted by Gasteiger charge is -2.03. The number of carbonyl (C=O) groups excluding carboxylic acids is 1. The third kappa shape index (κ3) is 3.49. The molecule has 10 heteroatoms. The molecule has 0 aliphatic carbocycles. The number of nitro benzene ring substituents is 1. The second-order valence-electron chi connectivity index (χ2n) is 5.48. The fourth-order valence-electron chi connectivity index (χ4n) is 2.48. The third-order valence-corrected chi connectivity index (χ3v) is 5.23. The van der Waals surface area contributed by atoms with Gasteiger partial charge in [0.05, 0.1) is 15.1 Å². The van der Waals surface area contributed by atoms with Crippen molar-refractivity contribution in [1.29, 1.82) is 0 Å². The highest BCUT2D eigenvalue weighted by molar-refractivity contribution is 9.10. The second kappa shape index (κ2) is 6.97. The van der Waals surface area contributed by atoms with Crippen LogP contribution in [0.3, 0.4) is 0 Å². The van der Waals surface area contributed by atoms with Crippen LogP contribution >= 0.6 is 27.3 Å². The number of thiazole rings is 1. The van der Waals surface area contributed by atoms with Gasteiger partial charge in [0.15, 0.2) is 16.6 Å². The highest BCUT2D eigenvalue weighted by Gasteiger charge is 2.18. The molecule has 0 radical (unpaired) electrons. The number of anilines is 1. The maximum absolute atomic E-state index is 12.4. The lowest BCUT2D eigenvalue weighted by Crippen LogP contribution is -2.12. The lowest BCUT2D eigenvalue weighted by atomic mass is 10.1. The molecule has 1 amide bonds. The Kier molecular flexibility index (Phi) is 4.50. The SMILES string of the molecule is O=C(Nc1nc(-c2ccc3c(c2)OCO3)cs1)c1ccc(Br)c([N+](=O)[O-])c1. The number of hydrogen-bond acceptors (Lipinski definition) is 7. The van der Waals surface area contributed by atoms with Gasteiger partial charge in [-0.3, -0.25) is 20.2 Å². The van der Waals surface area contributed by atoms with E-state index < -0.39 is 10.8 Å². The molecule has 0 bridgehead atoms. The maximum Gasteiger partial charge on any atom is 0.284 e. The molecule has 3 aromatic rings. The Labute approximate surface area is 165 Å². The fraction of sp³-hybridized carbons (Fsp3) is 0.0588. The molecular weight excluding hydrogens is 438 g/mol. The van der Waals surface area contributed by atoms with Crippen LogP contribution in [-0.4, -0.2) is 22.6 Å². The molecule has 0 atom stereocenters. The first-order valence-electron chi connectivity index (χ1n) is 7.62. The molecule has 2 aromatic carbocycles. The number of halogens is 1. The van der Waals surface area contributed by atoms with Gasteiger partial charge in [0.25, 0.3) is 11.6 Å². The number of ether oxygens (including phenoxy) is 2. The molecule has 2 heterocycles. The number of nitrogens with one attached hydrogen (secondary N) is 1. The summed E-state index contributed by atoms with van der Waals surface area (Å²) in [6.45, 7) is 0.191. The van der Waals surface area contributed by atoms with Crippen molar-refractivity contribution in [3.63, 3.8) is 0 Å². The number of benzene rings is 2. The van der Waals surface area contributed by atoms with Gasteiger partial charge in [0, 0.05) is 22.6 Å². The van der Waals surface area contributed by atoms with Crippen LogP contribution in [-0.2, 0) is 0 Å². The fourth-order valence-corrected chi connectivity index (χ4v) is 3.59. The summed E-state index contributed by atoms with van der Waals surface area (Å²) in [4.78, 5) is 27.2. The zero-order chi connectivity index (χ0) is 19.0. The smallest absolute Gasteiger partial charge is 0.284 e. The molecular formula is C17H10BrN3O5S. The van der Waals surface area contributed by atoms with E-state index in [1.165, 1.54) is 29.5 Å². The number of rotatable bonds is 4. The molecule has 0 spiro atoms. The van der Waals surface area contributed by atoms with E-state index in [1.807, 2.05) is 12.1 Å². The molecule has 1 aromatic heterocycles. The molecule has 0 fully saturated rings. The van der Waals surface area contributed by atoms with E-state index >= 15 is 0 Å². The van der Waals surface area contributed by atoms with Crippen LogP contribution in [0.2, 0.25) is 0 Å². The first kappa shape index (κ1) is 17.4. The minimum absolute atomic E-state index is 0.171. The Morgan fingerprint density at radius 1 is 1.22 bits per heavy atom. The summed E-state index contributed by atoms with van der Waals surface area (Å²) in [5, 5.41) is 15.9. The Hall–Kier alpha value is -2.98. The van der Waals surface area contributed by atoms with Gasteiger partial charge in [-0.2, -0.15) is 0 Å². The molecule has 1 N–H and O–H groups in total. The molecule has 8 nitrogen and oxygen atoms in total. The number of nitrogens with zero attached hydrogens (tertiary/aromatic N) is 2. The number of fused-ring (bicyclic) bond motifs is 1. The van der Waals surface area contributed by atoms with Crippen molar-refractivity contribution in [2.45, 2.75) is 0 Å². The molecule has 1 aliphatic heterocycles. The monoisotopic (exact) mass is 447 g/mol. The van der Waals surface area contributed by atoms with Crippen molar-refractivity contribution in [2.75, 3.05) is 12.1 Å². The van der Waals surface area contributed by atoms with E-state index in [9.17, 15) is 14.9 Å². The van der Waals surface area contributed by atoms with Gasteiger partial charge >= 0.3 is 0 Å². The topological polar surface area (TPSA) is 104 Å². The quantitative estimate of drug-likeness (QED) is 0.467. The molecule has 0 unspecified atom stereocenters. The van der Waals surface area contributed by atoms with E-state index in [2.05, 4.69) is 26.2 Å². The van der Waals surface area contributed by atoms with Crippen molar-refractivity contribution in [1.82, 2.24) is 4.98 Å². The largest absolute Gasteiger partial charge is 0.454 e. The van der Waals surface area contributed by atoms with Crippen molar-refractivity contribution < 1.29 is 19.2 Å². The van der Waals surface area contributed by atoms with Gasteiger partial charge in [0.1, 0.15) is 0 Å². The number of hydrogen-bond donors (Lipinski definition) is 1. The van der Waals surface area contributed by atoms with Gasteiger partial charge in [-0.25, -0.2) is 4.98 Å². The Morgan fingerprint density at radius 2 is 2.04 bits per heavy atom. The predicted molar refractivity (Wildman–Crippen MR) is 102 cm³/mol. The summed E-state index contributed by atoms with van der Waals surface area (Å²) >= 11 is 4.35. The van der Waals surface area contributed by atoms with Gasteiger partial charge in [-0.05, 0) is 46.3 Å². The number of aromatic nitrogens is 1. The number of carbonyl (C=O) groups is 1. The van der Waals surface area contributed by atoms with E-state index in [4.69, 9.17) is 9.47 Å². The first-order chi connectivity index (χ1) is 13.0. The Balaban J connectivity index is 1.53. The van der Waals surface area contributed by atoms with Crippen LogP contribution in [0.1, 0.15) is 10.4 Å². The highest BCUT2D eigenvalue weighted by atomic mass is 79.9. The molecule has 0 saturated heterocycles. The van der Waals surface area contributed by atoms with E-state index in [-0.39, 0.29) is 18.0 Å². The van der Waals surface area contributed by atoms with Gasteiger partial charge in [-0.15, -0.1) is 11.3 Å². The summed E-state index contributed by atoms with van der Waals surface area (Å²) in [5.41, 5.74) is 1.50. The summed E-state index contributed by atoms with van der Waals surface area (Å²) in [6.07, 6.45) is 0. The minimum Gasteiger partial charge on any atom is -0.454 e. The molecule has 0 saturated carbocycles. The number of amides is 1. The average Bonchev–Trinajstić information content (AvgIpc) is 3.30. The van der Waals surface area contributed by atoms with E-state index in [1.54, 1.807) is 11.4 Å². The Bertz CT molecular complexity index is 1070. The van der Waals surface area contributed by atoms with Crippen molar-refractivity contribution in [2.24, 2.45) is 0 Å². The summed E-state index contributed by atoms with van der Waals surface area (Å²) in [7, 11) is 0. The highest BCUT2D eigenvalue weighted by Crippen LogP contribution is 2.36. The van der Waals surface area contributed by atoms with E-state index in [0.29, 0.717) is 26.8 Å². The van der Waals surface area contributed by atoms with Crippen LogP contribution in [0.15, 0.2) is 46.3 Å². The second-order valence-corrected chi connectivity index (χ2v) is 7.20. The first-order valence-corrected chi connectivity index (χ1v) is 9.29. The predicted octanol–water partition coefficient (Wildman–Crippen LogP) is 4.46. The van der Waals surface area contributed by atoms with Crippen molar-refractivity contribution >= 4 is 44.0 Å². The zero-order valence-electron chi connectivity index (χ0n) is 13.5. The summed E-state index contributed by atoms with van der Waals surface area (Å²) < 4.78 is 10.9. The normalized spacial score (nSPS) is 12.0. The molecule has 27 heavy (non-hydrogen) atoms. The van der Waals surface area contributed by atoms with Gasteiger partial charge in [0.2, 0.25) is 6.79 Å². The van der Waals surface area contributed by atoms with Crippen LogP contribution in [0, 0.1) is 10.1 Å². The van der Waals surface area contributed by atoms with Crippen LogP contribution < -0.4 is 14.8 Å². The van der Waals surface area contributed by atoms with Crippen molar-refractivity contribution in [3.8, 4) is 22.8 Å². The number of nitro groups is 1. The minimum atomic E-state index is -0.554. The average molecular weight is 448 g/mol. The van der Waals surface area contributed by atoms with Crippen LogP contribution in [0.4, 0.5) is 10.8 Å².